The van der Waals surface area contributed by atoms with Gasteiger partial charge in [0.15, 0.2) is 0 Å². The van der Waals surface area contributed by atoms with Crippen molar-refractivity contribution >= 4 is 20.9 Å². The summed E-state index contributed by atoms with van der Waals surface area (Å²) in [5.41, 5.74) is 2.77. The summed E-state index contributed by atoms with van der Waals surface area (Å²) in [6, 6.07) is 7.91. The van der Waals surface area contributed by atoms with E-state index >= 15 is 0 Å². The summed E-state index contributed by atoms with van der Waals surface area (Å²) in [6.45, 7) is 2.06. The van der Waals surface area contributed by atoms with Crippen LogP contribution in [0.25, 0.3) is 10.9 Å². The van der Waals surface area contributed by atoms with Crippen LogP contribution < -0.4 is 4.72 Å². The van der Waals surface area contributed by atoms with E-state index < -0.39 is 10.0 Å². The fraction of sp³-hybridized carbons (Fsp3) is 0.429. The number of benzene rings is 1. The first-order valence-corrected chi connectivity index (χ1v) is 8.18. The monoisotopic (exact) mass is 295 g/mol. The van der Waals surface area contributed by atoms with Gasteiger partial charge in [-0.05, 0) is 39.7 Å². The number of nitrogens with zero attached hydrogens (tertiary/aromatic N) is 1. The van der Waals surface area contributed by atoms with Crippen LogP contribution >= 0.6 is 0 Å². The molecule has 0 amide bonds. The molecule has 0 radical (unpaired) electrons. The number of H-pyrrole nitrogens is 1. The van der Waals surface area contributed by atoms with Crippen LogP contribution in [-0.4, -0.2) is 39.4 Å². The lowest BCUT2D eigenvalue weighted by Gasteiger charge is -2.20. The molecule has 0 saturated carbocycles. The lowest BCUT2D eigenvalue weighted by Crippen LogP contribution is -2.23. The SMILES string of the molecule is CNS(=O)(=O)Cc1c(C(C)N(C)C)[nH]c2ccccc12. The van der Waals surface area contributed by atoms with Gasteiger partial charge < -0.3 is 9.88 Å². The van der Waals surface area contributed by atoms with Crippen LogP contribution in [0.15, 0.2) is 24.3 Å². The highest BCUT2D eigenvalue weighted by Gasteiger charge is 2.21. The average Bonchev–Trinajstić information content (AvgIpc) is 2.76. The Balaban J connectivity index is 2.62. The summed E-state index contributed by atoms with van der Waals surface area (Å²) >= 11 is 0. The lowest BCUT2D eigenvalue weighted by atomic mass is 10.1. The summed E-state index contributed by atoms with van der Waals surface area (Å²) in [5.74, 6) is -0.0129. The van der Waals surface area contributed by atoms with Gasteiger partial charge in [0.1, 0.15) is 0 Å². The summed E-state index contributed by atoms with van der Waals surface area (Å²) in [6.07, 6.45) is 0. The highest BCUT2D eigenvalue weighted by atomic mass is 32.2. The van der Waals surface area contributed by atoms with Gasteiger partial charge in [0.05, 0.1) is 5.75 Å². The maximum Gasteiger partial charge on any atom is 0.215 e. The smallest absolute Gasteiger partial charge is 0.215 e. The molecule has 2 aromatic rings. The third kappa shape index (κ3) is 2.87. The average molecular weight is 295 g/mol. The molecular weight excluding hydrogens is 274 g/mol. The quantitative estimate of drug-likeness (QED) is 0.884. The Hall–Kier alpha value is -1.37. The summed E-state index contributed by atoms with van der Waals surface area (Å²) < 4.78 is 26.2. The summed E-state index contributed by atoms with van der Waals surface area (Å²) in [5, 5.41) is 0.968. The fourth-order valence-corrected chi connectivity index (χ4v) is 3.09. The van der Waals surface area contributed by atoms with E-state index in [0.29, 0.717) is 0 Å². The zero-order valence-electron chi connectivity index (χ0n) is 12.3. The van der Waals surface area contributed by atoms with Gasteiger partial charge in [-0.1, -0.05) is 18.2 Å². The number of hydrogen-bond acceptors (Lipinski definition) is 3. The molecule has 1 aromatic carbocycles. The lowest BCUT2D eigenvalue weighted by molar-refractivity contribution is 0.315. The van der Waals surface area contributed by atoms with Gasteiger partial charge in [0.2, 0.25) is 10.0 Å². The van der Waals surface area contributed by atoms with Crippen LogP contribution in [0, 0.1) is 0 Å². The van der Waals surface area contributed by atoms with Gasteiger partial charge in [-0.15, -0.1) is 0 Å². The van der Waals surface area contributed by atoms with E-state index in [1.165, 1.54) is 7.05 Å². The Labute approximate surface area is 120 Å². The Bertz CT molecular complexity index is 704. The normalized spacial score (nSPS) is 14.1. The van der Waals surface area contributed by atoms with Crippen molar-refractivity contribution in [1.82, 2.24) is 14.6 Å². The second-order valence-electron chi connectivity index (χ2n) is 5.17. The molecule has 0 aliphatic rings. The van der Waals surface area contributed by atoms with E-state index in [1.54, 1.807) is 0 Å². The molecule has 2 rings (SSSR count). The van der Waals surface area contributed by atoms with E-state index in [0.717, 1.165) is 22.2 Å². The zero-order valence-corrected chi connectivity index (χ0v) is 13.1. The van der Waals surface area contributed by atoms with Gasteiger partial charge in [-0.2, -0.15) is 0 Å². The maximum absolute atomic E-state index is 11.9. The minimum absolute atomic E-state index is 0.0129. The van der Waals surface area contributed by atoms with Crippen molar-refractivity contribution in [3.05, 3.63) is 35.5 Å². The minimum atomic E-state index is -3.30. The Morgan fingerprint density at radius 3 is 2.55 bits per heavy atom. The molecule has 1 unspecified atom stereocenters. The molecule has 0 saturated heterocycles. The molecule has 6 heteroatoms. The number of para-hydroxylation sites is 1. The maximum atomic E-state index is 11.9. The van der Waals surface area contributed by atoms with Crippen molar-refractivity contribution < 1.29 is 8.42 Å². The molecule has 0 aliphatic heterocycles. The summed E-state index contributed by atoms with van der Waals surface area (Å²) in [4.78, 5) is 5.41. The predicted octanol–water partition coefficient (Wildman–Crippen LogP) is 1.84. The van der Waals surface area contributed by atoms with Crippen LogP contribution in [0.1, 0.15) is 24.2 Å². The number of aromatic amines is 1. The first-order chi connectivity index (χ1) is 9.35. The Kier molecular flexibility index (Phi) is 4.17. The van der Waals surface area contributed by atoms with Gasteiger partial charge >= 0.3 is 0 Å². The van der Waals surface area contributed by atoms with Gasteiger partial charge in [0.25, 0.3) is 0 Å². The molecule has 1 aromatic heterocycles. The number of fused-ring (bicyclic) bond motifs is 1. The molecule has 0 fully saturated rings. The van der Waals surface area contributed by atoms with E-state index in [9.17, 15) is 8.42 Å². The van der Waals surface area contributed by atoms with Crippen LogP contribution in [0.4, 0.5) is 0 Å². The van der Waals surface area contributed by atoms with Crippen molar-refractivity contribution in [1.29, 1.82) is 0 Å². The Morgan fingerprint density at radius 1 is 1.30 bits per heavy atom. The molecule has 0 bridgehead atoms. The van der Waals surface area contributed by atoms with E-state index in [1.807, 2.05) is 38.4 Å². The molecule has 1 heterocycles. The highest BCUT2D eigenvalue weighted by Crippen LogP contribution is 2.29. The topological polar surface area (TPSA) is 65.2 Å². The van der Waals surface area contributed by atoms with Crippen molar-refractivity contribution in [3.8, 4) is 0 Å². The number of aromatic nitrogens is 1. The zero-order chi connectivity index (χ0) is 14.9. The molecular formula is C14H21N3O2S. The molecule has 5 nitrogen and oxygen atoms in total. The number of nitrogens with one attached hydrogen (secondary N) is 2. The highest BCUT2D eigenvalue weighted by molar-refractivity contribution is 7.88. The largest absolute Gasteiger partial charge is 0.357 e. The molecule has 1 atom stereocenters. The molecule has 2 N–H and O–H groups in total. The van der Waals surface area contributed by atoms with Crippen molar-refractivity contribution in [3.63, 3.8) is 0 Å². The van der Waals surface area contributed by atoms with Crippen LogP contribution in [0.3, 0.4) is 0 Å². The molecule has 110 valence electrons. The second-order valence-corrected chi connectivity index (χ2v) is 7.09. The van der Waals surface area contributed by atoms with Crippen LogP contribution in [-0.2, 0) is 15.8 Å². The molecule has 0 spiro atoms. The number of sulfonamides is 1. The predicted molar refractivity (Wildman–Crippen MR) is 82.1 cm³/mol. The van der Waals surface area contributed by atoms with E-state index in [2.05, 4.69) is 21.5 Å². The summed E-state index contributed by atoms with van der Waals surface area (Å²) in [7, 11) is 2.10. The van der Waals surface area contributed by atoms with Crippen molar-refractivity contribution in [2.75, 3.05) is 21.1 Å². The first kappa shape index (κ1) is 15.0. The van der Waals surface area contributed by atoms with Crippen molar-refractivity contribution in [2.24, 2.45) is 0 Å². The second kappa shape index (κ2) is 5.55. The fourth-order valence-electron chi connectivity index (χ4n) is 2.25. The van der Waals surface area contributed by atoms with Gasteiger partial charge in [-0.3, -0.25) is 0 Å². The third-order valence-electron chi connectivity index (χ3n) is 3.68. The van der Waals surface area contributed by atoms with Crippen LogP contribution in [0.2, 0.25) is 0 Å². The first-order valence-electron chi connectivity index (χ1n) is 6.53. The standard InChI is InChI=1S/C14H21N3O2S/c1-10(17(3)4)14-12(9-20(18,19)15-2)11-7-5-6-8-13(11)16-14/h5-8,10,15-16H,9H2,1-4H3. The van der Waals surface area contributed by atoms with Crippen LogP contribution in [0.5, 0.6) is 0 Å². The third-order valence-corrected chi connectivity index (χ3v) is 4.98. The van der Waals surface area contributed by atoms with Crippen molar-refractivity contribution in [2.45, 2.75) is 18.7 Å². The van der Waals surface area contributed by atoms with Gasteiger partial charge in [-0.25, -0.2) is 13.1 Å². The van der Waals surface area contributed by atoms with Gasteiger partial charge in [0, 0.05) is 22.6 Å². The number of rotatable bonds is 5. The van der Waals surface area contributed by atoms with E-state index in [4.69, 9.17) is 0 Å². The van der Waals surface area contributed by atoms with E-state index in [-0.39, 0.29) is 11.8 Å². The molecule has 0 aliphatic carbocycles. The Morgan fingerprint density at radius 2 is 1.95 bits per heavy atom. The number of hydrogen-bond donors (Lipinski definition) is 2. The minimum Gasteiger partial charge on any atom is -0.357 e. The molecule has 20 heavy (non-hydrogen) atoms.